The Hall–Kier alpha value is -2.12. The zero-order valence-electron chi connectivity index (χ0n) is 17.0. The largest absolute Gasteiger partial charge is 0.497 e. The summed E-state index contributed by atoms with van der Waals surface area (Å²) in [6, 6.07) is 8.03. The topological polar surface area (TPSA) is 87.7 Å². The van der Waals surface area contributed by atoms with Crippen LogP contribution in [-0.4, -0.2) is 61.3 Å². The summed E-state index contributed by atoms with van der Waals surface area (Å²) in [5.74, 6) is 0.200. The molecule has 2 amide bonds. The highest BCUT2D eigenvalue weighted by atomic mass is 35.5. The highest BCUT2D eigenvalue weighted by Crippen LogP contribution is 2.29. The predicted octanol–water partition coefficient (Wildman–Crippen LogP) is 1.94. The summed E-state index contributed by atoms with van der Waals surface area (Å²) in [6.07, 6.45) is 4.61. The summed E-state index contributed by atoms with van der Waals surface area (Å²) in [6.45, 7) is -0.0765. The SMILES string of the molecule is COc1ccc(C(=O)CNC(=O)CCC(=O)N(C)C2CC3CCC(C2)N3)cc1.Cl. The first-order valence-corrected chi connectivity index (χ1v) is 9.92. The number of carbonyl (C=O) groups is 3. The lowest BCUT2D eigenvalue weighted by Gasteiger charge is -2.35. The lowest BCUT2D eigenvalue weighted by Crippen LogP contribution is -2.48. The van der Waals surface area contributed by atoms with Gasteiger partial charge in [-0.15, -0.1) is 12.4 Å². The monoisotopic (exact) mass is 423 g/mol. The van der Waals surface area contributed by atoms with Gasteiger partial charge in [-0.3, -0.25) is 14.4 Å². The molecular weight excluding hydrogens is 394 g/mol. The van der Waals surface area contributed by atoms with Crippen LogP contribution < -0.4 is 15.4 Å². The molecule has 2 fully saturated rings. The number of nitrogens with zero attached hydrogens (tertiary/aromatic N) is 1. The number of piperidine rings is 1. The van der Waals surface area contributed by atoms with E-state index in [9.17, 15) is 14.4 Å². The summed E-state index contributed by atoms with van der Waals surface area (Å²) < 4.78 is 5.06. The number of carbonyl (C=O) groups excluding carboxylic acids is 3. The second kappa shape index (κ2) is 10.6. The van der Waals surface area contributed by atoms with Gasteiger partial charge in [-0.2, -0.15) is 0 Å². The van der Waals surface area contributed by atoms with Crippen LogP contribution in [0.25, 0.3) is 0 Å². The van der Waals surface area contributed by atoms with Gasteiger partial charge >= 0.3 is 0 Å². The molecule has 0 aliphatic carbocycles. The van der Waals surface area contributed by atoms with Gasteiger partial charge in [0.2, 0.25) is 11.8 Å². The highest BCUT2D eigenvalue weighted by molar-refractivity contribution is 5.99. The Kier molecular flexibility index (Phi) is 8.46. The van der Waals surface area contributed by atoms with Gasteiger partial charge in [0.1, 0.15) is 5.75 Å². The lowest BCUT2D eigenvalue weighted by molar-refractivity contribution is -0.134. The van der Waals surface area contributed by atoms with Crippen LogP contribution in [0.1, 0.15) is 48.9 Å². The Morgan fingerprint density at radius 2 is 1.72 bits per heavy atom. The van der Waals surface area contributed by atoms with Crippen LogP contribution in [0.2, 0.25) is 0 Å². The van der Waals surface area contributed by atoms with Crippen LogP contribution >= 0.6 is 12.4 Å². The third-order valence-electron chi connectivity index (χ3n) is 5.81. The Balaban J connectivity index is 0.00000300. The van der Waals surface area contributed by atoms with E-state index in [-0.39, 0.29) is 55.4 Å². The number of rotatable bonds is 8. The van der Waals surface area contributed by atoms with Crippen molar-refractivity contribution < 1.29 is 19.1 Å². The molecule has 29 heavy (non-hydrogen) atoms. The highest BCUT2D eigenvalue weighted by Gasteiger charge is 2.36. The van der Waals surface area contributed by atoms with Crippen molar-refractivity contribution in [3.8, 4) is 5.75 Å². The molecule has 2 atom stereocenters. The van der Waals surface area contributed by atoms with Crippen LogP contribution in [-0.2, 0) is 9.59 Å². The third-order valence-corrected chi connectivity index (χ3v) is 5.81. The summed E-state index contributed by atoms with van der Waals surface area (Å²) in [7, 11) is 3.40. The molecule has 2 saturated heterocycles. The van der Waals surface area contributed by atoms with Crippen LogP contribution in [0.3, 0.4) is 0 Å². The van der Waals surface area contributed by atoms with Crippen molar-refractivity contribution in [1.29, 1.82) is 0 Å². The molecule has 2 unspecified atom stereocenters. The third kappa shape index (κ3) is 6.18. The molecule has 0 aromatic heterocycles. The number of Topliss-reactive ketones (excluding diaryl/α,β-unsaturated/α-hetero) is 1. The number of methoxy groups -OCH3 is 1. The van der Waals surface area contributed by atoms with Crippen molar-refractivity contribution in [2.45, 2.75) is 56.7 Å². The molecule has 7 nitrogen and oxygen atoms in total. The van der Waals surface area contributed by atoms with E-state index in [1.807, 2.05) is 11.9 Å². The number of hydrogen-bond acceptors (Lipinski definition) is 5. The summed E-state index contributed by atoms with van der Waals surface area (Å²) in [4.78, 5) is 38.4. The Morgan fingerprint density at radius 1 is 1.10 bits per heavy atom. The lowest BCUT2D eigenvalue weighted by atomic mass is 9.98. The first kappa shape index (κ1) is 23.2. The minimum Gasteiger partial charge on any atom is -0.497 e. The molecule has 1 aromatic carbocycles. The first-order valence-electron chi connectivity index (χ1n) is 9.92. The van der Waals surface area contributed by atoms with Crippen LogP contribution in [0, 0.1) is 0 Å². The molecule has 0 radical (unpaired) electrons. The van der Waals surface area contributed by atoms with E-state index in [1.165, 1.54) is 12.8 Å². The molecule has 0 spiro atoms. The molecule has 1 aromatic rings. The molecule has 160 valence electrons. The fourth-order valence-electron chi connectivity index (χ4n) is 4.09. The van der Waals surface area contributed by atoms with E-state index in [4.69, 9.17) is 4.74 Å². The second-order valence-electron chi connectivity index (χ2n) is 7.70. The van der Waals surface area contributed by atoms with E-state index >= 15 is 0 Å². The maximum atomic E-state index is 12.4. The van der Waals surface area contributed by atoms with E-state index in [0.717, 1.165) is 12.8 Å². The van der Waals surface area contributed by atoms with Gasteiger partial charge < -0.3 is 20.3 Å². The smallest absolute Gasteiger partial charge is 0.223 e. The van der Waals surface area contributed by atoms with Gasteiger partial charge in [0.25, 0.3) is 0 Å². The minimum atomic E-state index is -0.283. The van der Waals surface area contributed by atoms with Crippen molar-refractivity contribution in [2.75, 3.05) is 20.7 Å². The normalized spacial score (nSPS) is 22.3. The van der Waals surface area contributed by atoms with E-state index in [2.05, 4.69) is 10.6 Å². The summed E-state index contributed by atoms with van der Waals surface area (Å²) in [5, 5.41) is 6.18. The quantitative estimate of drug-likeness (QED) is 0.624. The molecule has 2 heterocycles. The van der Waals surface area contributed by atoms with Gasteiger partial charge in [-0.05, 0) is 49.9 Å². The van der Waals surface area contributed by atoms with E-state index < -0.39 is 0 Å². The molecule has 3 rings (SSSR count). The molecular formula is C21H30ClN3O4. The zero-order valence-corrected chi connectivity index (χ0v) is 17.8. The predicted molar refractivity (Wildman–Crippen MR) is 113 cm³/mol. The maximum absolute atomic E-state index is 12.4. The molecule has 2 N–H and O–H groups in total. The number of hydrogen-bond donors (Lipinski definition) is 2. The number of nitrogens with one attached hydrogen (secondary N) is 2. The standard InChI is InChI=1S/C21H29N3O4.ClH/c1-24(17-11-15-5-6-16(12-17)23-15)21(27)10-9-20(26)22-13-19(25)14-3-7-18(28-2)8-4-14;/h3-4,7-8,15-17,23H,5-6,9-13H2,1-2H3,(H,22,26);1H. The van der Waals surface area contributed by atoms with Gasteiger partial charge in [0.15, 0.2) is 5.78 Å². The van der Waals surface area contributed by atoms with Gasteiger partial charge in [0.05, 0.1) is 13.7 Å². The number of amides is 2. The number of fused-ring (bicyclic) bond motifs is 2. The second-order valence-corrected chi connectivity index (χ2v) is 7.70. The van der Waals surface area contributed by atoms with Crippen LogP contribution in [0.5, 0.6) is 5.75 Å². The van der Waals surface area contributed by atoms with Crippen molar-refractivity contribution in [2.24, 2.45) is 0 Å². The van der Waals surface area contributed by atoms with Gasteiger partial charge in [-0.25, -0.2) is 0 Å². The zero-order chi connectivity index (χ0) is 20.1. The number of ketones is 1. The molecule has 2 aliphatic rings. The molecule has 0 saturated carbocycles. The van der Waals surface area contributed by atoms with Crippen LogP contribution in [0.15, 0.2) is 24.3 Å². The Labute approximate surface area is 178 Å². The fraction of sp³-hybridized carbons (Fsp3) is 0.571. The fourth-order valence-corrected chi connectivity index (χ4v) is 4.09. The van der Waals surface area contributed by atoms with Crippen molar-refractivity contribution in [3.63, 3.8) is 0 Å². The van der Waals surface area contributed by atoms with E-state index in [1.54, 1.807) is 31.4 Å². The summed E-state index contributed by atoms with van der Waals surface area (Å²) >= 11 is 0. The molecule has 2 bridgehead atoms. The Morgan fingerprint density at radius 3 is 2.31 bits per heavy atom. The summed E-state index contributed by atoms with van der Waals surface area (Å²) in [5.41, 5.74) is 0.512. The maximum Gasteiger partial charge on any atom is 0.223 e. The van der Waals surface area contributed by atoms with E-state index in [0.29, 0.717) is 23.4 Å². The molecule has 2 aliphatic heterocycles. The number of benzene rings is 1. The van der Waals surface area contributed by atoms with Crippen molar-refractivity contribution in [1.82, 2.24) is 15.5 Å². The minimum absolute atomic E-state index is 0. The van der Waals surface area contributed by atoms with Gasteiger partial charge in [0, 0.05) is 43.6 Å². The van der Waals surface area contributed by atoms with Crippen LogP contribution in [0.4, 0.5) is 0 Å². The first-order chi connectivity index (χ1) is 13.5. The average molecular weight is 424 g/mol. The average Bonchev–Trinajstić information content (AvgIpc) is 3.07. The van der Waals surface area contributed by atoms with Crippen molar-refractivity contribution >= 4 is 30.0 Å². The van der Waals surface area contributed by atoms with Crippen molar-refractivity contribution in [3.05, 3.63) is 29.8 Å². The van der Waals surface area contributed by atoms with Gasteiger partial charge in [-0.1, -0.05) is 0 Å². The number of ether oxygens (including phenoxy) is 1. The number of halogens is 1. The Bertz CT molecular complexity index is 713. The molecule has 8 heteroatoms.